The van der Waals surface area contributed by atoms with Gasteiger partial charge in [-0.1, -0.05) is 0 Å². The number of hydrogen-bond acceptors (Lipinski definition) is 8. The number of aliphatic hydroxyl groups excluding tert-OH is 1. The van der Waals surface area contributed by atoms with E-state index in [1.165, 1.54) is 12.1 Å². The molecule has 0 unspecified atom stereocenters. The number of halogens is 1. The zero-order valence-corrected chi connectivity index (χ0v) is 21.7. The van der Waals surface area contributed by atoms with Crippen LogP contribution in [0.1, 0.15) is 5.69 Å². The molecule has 0 saturated carbocycles. The minimum atomic E-state index is -0.340. The Hall–Kier alpha value is -4.68. The molecule has 0 bridgehead atoms. The van der Waals surface area contributed by atoms with Crippen molar-refractivity contribution < 1.29 is 9.50 Å². The van der Waals surface area contributed by atoms with E-state index in [1.807, 2.05) is 44.6 Å². The van der Waals surface area contributed by atoms with Crippen molar-refractivity contribution in [1.29, 1.82) is 0 Å². The number of aliphatic hydroxyl groups is 1. The molecule has 0 aliphatic rings. The molecule has 11 nitrogen and oxygen atoms in total. The van der Waals surface area contributed by atoms with Gasteiger partial charge in [0.05, 0.1) is 23.5 Å². The Labute approximate surface area is 222 Å². The van der Waals surface area contributed by atoms with Crippen molar-refractivity contribution in [3.05, 3.63) is 60.3 Å². The third kappa shape index (κ3) is 4.71. The van der Waals surface area contributed by atoms with Gasteiger partial charge in [0.2, 0.25) is 0 Å². The lowest BCUT2D eigenvalue weighted by atomic mass is 10.0. The molecule has 198 valence electrons. The van der Waals surface area contributed by atoms with Crippen LogP contribution in [0.2, 0.25) is 0 Å². The molecule has 39 heavy (non-hydrogen) atoms. The third-order valence-corrected chi connectivity index (χ3v) is 6.44. The van der Waals surface area contributed by atoms with Crippen molar-refractivity contribution in [1.82, 2.24) is 44.8 Å². The number of rotatable bonds is 8. The number of fused-ring (bicyclic) bond motifs is 2. The summed E-state index contributed by atoms with van der Waals surface area (Å²) >= 11 is 0. The molecule has 0 amide bonds. The zero-order chi connectivity index (χ0) is 27.1. The minimum Gasteiger partial charge on any atom is -0.390 e. The summed E-state index contributed by atoms with van der Waals surface area (Å²) in [4.78, 5) is 19.4. The molecule has 5 heterocycles. The van der Waals surface area contributed by atoms with E-state index < -0.39 is 0 Å². The fraction of sp³-hybridized carbons (Fsp3) is 0.222. The largest absolute Gasteiger partial charge is 0.390 e. The van der Waals surface area contributed by atoms with Crippen LogP contribution in [0.3, 0.4) is 0 Å². The van der Waals surface area contributed by atoms with Gasteiger partial charge in [-0.15, -0.1) is 0 Å². The number of nitrogens with zero attached hydrogens (tertiary/aromatic N) is 7. The van der Waals surface area contributed by atoms with Gasteiger partial charge in [0.25, 0.3) is 0 Å². The standard InChI is InChI=1S/C27H27FN10O/c1-37(2)9-8-29-17-11-15(10-16(28)12-17)18-6-7-30-26-23(18)32-27(33-26)25-24-21(34-35-25)5-4-20(31-24)19-13-38(3)36-22(19)14-39/h4-7,10-13,29,39H,8-9,14H2,1-3H3,(H,34,35)(H,30,32,33). The predicted molar refractivity (Wildman–Crippen MR) is 147 cm³/mol. The molecule has 0 spiro atoms. The predicted octanol–water partition coefficient (Wildman–Crippen LogP) is 3.57. The first kappa shape index (κ1) is 24.6. The monoisotopic (exact) mass is 526 g/mol. The van der Waals surface area contributed by atoms with Gasteiger partial charge in [-0.2, -0.15) is 10.2 Å². The average molecular weight is 527 g/mol. The number of imidazole rings is 1. The van der Waals surface area contributed by atoms with Gasteiger partial charge in [0.15, 0.2) is 17.2 Å². The number of benzene rings is 1. The second-order valence-electron chi connectivity index (χ2n) is 9.59. The van der Waals surface area contributed by atoms with Crippen LogP contribution in [0.5, 0.6) is 0 Å². The lowest BCUT2D eigenvalue weighted by molar-refractivity contribution is 0.276. The normalized spacial score (nSPS) is 11.7. The van der Waals surface area contributed by atoms with Gasteiger partial charge in [-0.25, -0.2) is 19.3 Å². The Bertz CT molecular complexity index is 1800. The van der Waals surface area contributed by atoms with Crippen molar-refractivity contribution >= 4 is 27.9 Å². The van der Waals surface area contributed by atoms with Crippen molar-refractivity contribution in [2.24, 2.45) is 7.05 Å². The van der Waals surface area contributed by atoms with Gasteiger partial charge in [0.1, 0.15) is 16.9 Å². The third-order valence-electron chi connectivity index (χ3n) is 6.44. The number of aryl methyl sites for hydroxylation is 1. The fourth-order valence-electron chi connectivity index (χ4n) is 4.61. The average Bonchev–Trinajstić information content (AvgIpc) is 3.63. The molecule has 1 aromatic carbocycles. The smallest absolute Gasteiger partial charge is 0.162 e. The number of likely N-dealkylation sites (N-methyl/N-ethyl adjacent to an activating group) is 1. The molecule has 0 aliphatic heterocycles. The van der Waals surface area contributed by atoms with Crippen molar-refractivity contribution in [3.8, 4) is 33.9 Å². The van der Waals surface area contributed by atoms with Crippen LogP contribution in [-0.4, -0.2) is 77.1 Å². The molecule has 12 heteroatoms. The fourth-order valence-corrected chi connectivity index (χ4v) is 4.61. The highest BCUT2D eigenvalue weighted by Gasteiger charge is 2.19. The van der Waals surface area contributed by atoms with E-state index in [0.717, 1.165) is 23.2 Å². The van der Waals surface area contributed by atoms with Gasteiger partial charge in [-0.3, -0.25) is 9.78 Å². The van der Waals surface area contributed by atoms with E-state index in [0.29, 0.717) is 57.4 Å². The summed E-state index contributed by atoms with van der Waals surface area (Å²) in [6, 6.07) is 10.4. The minimum absolute atomic E-state index is 0.195. The summed E-state index contributed by atoms with van der Waals surface area (Å²) < 4.78 is 16.2. The van der Waals surface area contributed by atoms with Crippen molar-refractivity contribution in [2.75, 3.05) is 32.5 Å². The van der Waals surface area contributed by atoms with Crippen molar-refractivity contribution in [2.45, 2.75) is 6.61 Å². The summed E-state index contributed by atoms with van der Waals surface area (Å²) in [7, 11) is 5.78. The highest BCUT2D eigenvalue weighted by Crippen LogP contribution is 2.32. The van der Waals surface area contributed by atoms with Crippen LogP contribution in [0.4, 0.5) is 10.1 Å². The topological polar surface area (TPSA) is 136 Å². The Morgan fingerprint density at radius 2 is 1.95 bits per heavy atom. The first-order chi connectivity index (χ1) is 18.9. The summed E-state index contributed by atoms with van der Waals surface area (Å²) in [6.07, 6.45) is 3.49. The number of nitrogens with one attached hydrogen (secondary N) is 3. The Morgan fingerprint density at radius 3 is 2.77 bits per heavy atom. The summed E-state index contributed by atoms with van der Waals surface area (Å²) in [5.74, 6) is 0.142. The summed E-state index contributed by atoms with van der Waals surface area (Å²) in [5, 5.41) is 24.8. The maximum Gasteiger partial charge on any atom is 0.162 e. The second kappa shape index (κ2) is 9.89. The maximum absolute atomic E-state index is 14.6. The number of pyridine rings is 2. The number of H-pyrrole nitrogens is 2. The first-order valence-corrected chi connectivity index (χ1v) is 12.4. The Kier molecular flexibility index (Phi) is 6.25. The van der Waals surface area contributed by atoms with Crippen LogP contribution in [-0.2, 0) is 13.7 Å². The Morgan fingerprint density at radius 1 is 1.08 bits per heavy atom. The zero-order valence-electron chi connectivity index (χ0n) is 21.7. The molecule has 0 fully saturated rings. The molecule has 4 N–H and O–H groups in total. The van der Waals surface area contributed by atoms with E-state index in [9.17, 15) is 9.50 Å². The van der Waals surface area contributed by atoms with Crippen molar-refractivity contribution in [3.63, 3.8) is 0 Å². The number of aromatic amines is 2. The molecular formula is C27H27FN10O. The number of anilines is 1. The van der Waals surface area contributed by atoms with Crippen LogP contribution >= 0.6 is 0 Å². The molecule has 6 aromatic rings. The quantitative estimate of drug-likeness (QED) is 0.236. The lowest BCUT2D eigenvalue weighted by Crippen LogP contribution is -2.20. The molecular weight excluding hydrogens is 499 g/mol. The summed E-state index contributed by atoms with van der Waals surface area (Å²) in [6.45, 7) is 1.32. The number of hydrogen-bond donors (Lipinski definition) is 4. The molecule has 0 aliphatic carbocycles. The Balaban J connectivity index is 1.41. The van der Waals surface area contributed by atoms with Gasteiger partial charge < -0.3 is 20.3 Å². The van der Waals surface area contributed by atoms with E-state index in [1.54, 1.807) is 17.9 Å². The highest BCUT2D eigenvalue weighted by atomic mass is 19.1. The van der Waals surface area contributed by atoms with E-state index >= 15 is 0 Å². The van der Waals surface area contributed by atoms with E-state index in [4.69, 9.17) is 9.97 Å². The van der Waals surface area contributed by atoms with Gasteiger partial charge in [-0.05, 0) is 56.1 Å². The number of aromatic nitrogens is 8. The highest BCUT2D eigenvalue weighted by molar-refractivity contribution is 5.95. The van der Waals surface area contributed by atoms with Crippen LogP contribution in [0.25, 0.3) is 56.1 Å². The molecule has 5 aromatic heterocycles. The molecule has 0 radical (unpaired) electrons. The lowest BCUT2D eigenvalue weighted by Gasteiger charge is -2.12. The van der Waals surface area contributed by atoms with E-state index in [-0.39, 0.29) is 12.4 Å². The SMILES string of the molecule is CN(C)CCNc1cc(F)cc(-c2ccnc3[nH]c(-c4n[nH]c5ccc(-c6cn(C)nc6CO)nc45)nc23)c1. The van der Waals surface area contributed by atoms with Crippen LogP contribution in [0.15, 0.2) is 48.8 Å². The summed E-state index contributed by atoms with van der Waals surface area (Å²) in [5.41, 5.74) is 7.08. The van der Waals surface area contributed by atoms with Gasteiger partial charge in [0, 0.05) is 49.3 Å². The first-order valence-electron chi connectivity index (χ1n) is 12.4. The maximum atomic E-state index is 14.6. The molecule has 6 rings (SSSR count). The van der Waals surface area contributed by atoms with E-state index in [2.05, 4.69) is 35.5 Å². The van der Waals surface area contributed by atoms with Crippen LogP contribution < -0.4 is 5.32 Å². The molecule has 0 atom stereocenters. The second-order valence-corrected chi connectivity index (χ2v) is 9.59. The molecule has 0 saturated heterocycles. The van der Waals surface area contributed by atoms with Gasteiger partial charge >= 0.3 is 0 Å². The van der Waals surface area contributed by atoms with Crippen LogP contribution in [0, 0.1) is 5.82 Å².